The maximum atomic E-state index is 13.4. The number of fused-ring (bicyclic) bond motifs is 1. The molecule has 3 fully saturated rings. The second-order valence-corrected chi connectivity index (χ2v) is 14.3. The summed E-state index contributed by atoms with van der Waals surface area (Å²) in [5.41, 5.74) is -4.25. The predicted octanol–water partition coefficient (Wildman–Crippen LogP) is 7.88. The monoisotopic (exact) mass is 622 g/mol. The minimum Gasteiger partial charge on any atom is -0.393 e. The Morgan fingerprint density at radius 2 is 1.58 bits per heavy atom. The molecule has 6 atom stereocenters. The summed E-state index contributed by atoms with van der Waals surface area (Å²) in [6.07, 6.45) is -2.44. The molecular weight excluding hydrogens is 574 g/mol. The van der Waals surface area contributed by atoms with Gasteiger partial charge in [-0.2, -0.15) is 26.3 Å². The van der Waals surface area contributed by atoms with Gasteiger partial charge in [0.15, 0.2) is 0 Å². The molecule has 0 amide bonds. The van der Waals surface area contributed by atoms with Gasteiger partial charge < -0.3 is 20.4 Å². The number of aliphatic hydroxyl groups excluding tert-OH is 2. The average Bonchev–Trinajstić information content (AvgIpc) is 3.21. The van der Waals surface area contributed by atoms with E-state index in [-0.39, 0.29) is 36.2 Å². The lowest BCUT2D eigenvalue weighted by Gasteiger charge is -2.49. The minimum atomic E-state index is -5.92. The molecule has 246 valence electrons. The Bertz CT molecular complexity index is 1080. The molecule has 3 rings (SSSR count). The Labute approximate surface area is 251 Å². The molecule has 10 heteroatoms. The van der Waals surface area contributed by atoms with Crippen molar-refractivity contribution in [1.29, 1.82) is 0 Å². The van der Waals surface area contributed by atoms with Gasteiger partial charge in [-0.1, -0.05) is 50.6 Å². The average molecular weight is 623 g/mol. The molecule has 4 nitrogen and oxygen atoms in total. The normalized spacial score (nSPS) is 32.9. The van der Waals surface area contributed by atoms with E-state index in [0.717, 1.165) is 43.8 Å². The Kier molecular flexibility index (Phi) is 10.5. The molecule has 3 aliphatic rings. The molecule has 0 saturated heterocycles. The van der Waals surface area contributed by atoms with Crippen molar-refractivity contribution in [2.24, 2.45) is 22.7 Å². The minimum absolute atomic E-state index is 0.0223. The van der Waals surface area contributed by atoms with E-state index in [0.29, 0.717) is 31.3 Å². The number of aliphatic hydroxyl groups is 4. The molecule has 0 radical (unpaired) electrons. The molecule has 0 heterocycles. The van der Waals surface area contributed by atoms with E-state index in [4.69, 9.17) is 0 Å². The van der Waals surface area contributed by atoms with Crippen molar-refractivity contribution in [1.82, 2.24) is 0 Å². The largest absolute Gasteiger partial charge is 0.429 e. The third-order valence-corrected chi connectivity index (χ3v) is 10.4. The van der Waals surface area contributed by atoms with Crippen molar-refractivity contribution in [3.8, 4) is 0 Å². The highest BCUT2D eigenvalue weighted by molar-refractivity contribution is 5.38. The van der Waals surface area contributed by atoms with Crippen LogP contribution in [0.3, 0.4) is 0 Å². The van der Waals surface area contributed by atoms with Crippen molar-refractivity contribution >= 4 is 0 Å². The SMILES string of the molecule is C=C1/C(=C\C=C2/CCC[C@@]3(C)C2CCC3[C@@](C)(C/C=C\C(O)(C(F)(F)F)C(F)(F)F)CCCC(C)(C)O)CC(O)C[C@@H]1O. The first kappa shape index (κ1) is 35.9. The molecule has 0 aromatic rings. The molecule has 0 spiro atoms. The van der Waals surface area contributed by atoms with Crippen molar-refractivity contribution in [3.63, 3.8) is 0 Å². The van der Waals surface area contributed by atoms with Crippen LogP contribution in [0, 0.1) is 22.7 Å². The third-order valence-electron chi connectivity index (χ3n) is 10.4. The number of hydrogen-bond donors (Lipinski definition) is 4. The Morgan fingerprint density at radius 3 is 2.16 bits per heavy atom. The Hall–Kier alpha value is -1.62. The number of allylic oxidation sites excluding steroid dienone is 4. The smallest absolute Gasteiger partial charge is 0.393 e. The van der Waals surface area contributed by atoms with Crippen LogP contribution >= 0.6 is 0 Å². The summed E-state index contributed by atoms with van der Waals surface area (Å²) in [6.45, 7) is 11.4. The van der Waals surface area contributed by atoms with Gasteiger partial charge >= 0.3 is 12.4 Å². The van der Waals surface area contributed by atoms with Crippen LogP contribution in [0.25, 0.3) is 0 Å². The molecular formula is C33H48F6O4. The first-order chi connectivity index (χ1) is 19.5. The van der Waals surface area contributed by atoms with E-state index >= 15 is 0 Å². The van der Waals surface area contributed by atoms with Crippen molar-refractivity contribution in [2.75, 3.05) is 0 Å². The van der Waals surface area contributed by atoms with E-state index in [1.165, 1.54) is 5.57 Å². The number of halogens is 6. The van der Waals surface area contributed by atoms with Crippen molar-refractivity contribution in [3.05, 3.63) is 47.6 Å². The Balaban J connectivity index is 1.93. The van der Waals surface area contributed by atoms with Crippen LogP contribution in [-0.2, 0) is 0 Å². The number of rotatable bonds is 9. The summed E-state index contributed by atoms with van der Waals surface area (Å²) >= 11 is 0. The predicted molar refractivity (Wildman–Crippen MR) is 154 cm³/mol. The summed E-state index contributed by atoms with van der Waals surface area (Å²) in [5.74, 6) is 0.139. The van der Waals surface area contributed by atoms with Gasteiger partial charge in [0.25, 0.3) is 5.60 Å². The fraction of sp³-hybridized carbons (Fsp3) is 0.758. The maximum Gasteiger partial charge on any atom is 0.429 e. The molecule has 3 saturated carbocycles. The van der Waals surface area contributed by atoms with Crippen molar-refractivity contribution in [2.45, 2.75) is 134 Å². The van der Waals surface area contributed by atoms with Crippen LogP contribution < -0.4 is 0 Å². The second kappa shape index (κ2) is 12.6. The highest BCUT2D eigenvalue weighted by Crippen LogP contribution is 2.64. The van der Waals surface area contributed by atoms with Crippen molar-refractivity contribution < 1.29 is 46.8 Å². The lowest BCUT2D eigenvalue weighted by Crippen LogP contribution is -2.55. The highest BCUT2D eigenvalue weighted by atomic mass is 19.4. The standard InChI is InChI=1S/C33H48F6O4/c1-21-23(19-24(40)20-26(21)41)11-10-22-9-6-17-30(5)25(22)12-13-27(30)29(4,15-7-14-28(2,3)42)16-8-18-31(43,32(34,35)36)33(37,38)39/h8,10-11,18,24-27,40-43H,1,6-7,9,12-17,19-20H2,2-5H3/b18-8-,22-10+,23-11-/t24?,25?,26-,27?,29+,30-/m0/s1. The topological polar surface area (TPSA) is 80.9 Å². The van der Waals surface area contributed by atoms with Crippen LogP contribution in [0.1, 0.15) is 98.3 Å². The van der Waals surface area contributed by atoms with E-state index in [1.807, 2.05) is 19.1 Å². The number of alkyl halides is 6. The van der Waals surface area contributed by atoms with Gasteiger partial charge in [-0.25, -0.2) is 0 Å². The Morgan fingerprint density at radius 1 is 0.953 bits per heavy atom. The summed E-state index contributed by atoms with van der Waals surface area (Å²) in [6, 6.07) is 0. The van der Waals surface area contributed by atoms with E-state index < -0.39 is 41.2 Å². The zero-order valence-corrected chi connectivity index (χ0v) is 25.7. The summed E-state index contributed by atoms with van der Waals surface area (Å²) < 4.78 is 80.2. The van der Waals surface area contributed by atoms with Crippen LogP contribution in [-0.4, -0.2) is 56.2 Å². The molecule has 3 unspecified atom stereocenters. The molecule has 3 aliphatic carbocycles. The first-order valence-corrected chi connectivity index (χ1v) is 15.2. The second-order valence-electron chi connectivity index (χ2n) is 14.3. The molecule has 4 N–H and O–H groups in total. The fourth-order valence-electron chi connectivity index (χ4n) is 8.04. The zero-order chi connectivity index (χ0) is 32.6. The van der Waals surface area contributed by atoms with E-state index in [1.54, 1.807) is 13.8 Å². The molecule has 0 aromatic carbocycles. The molecule has 0 aliphatic heterocycles. The summed E-state index contributed by atoms with van der Waals surface area (Å²) in [4.78, 5) is 0. The molecule has 0 bridgehead atoms. The lowest BCUT2D eigenvalue weighted by atomic mass is 9.55. The summed E-state index contributed by atoms with van der Waals surface area (Å²) in [5, 5.41) is 40.3. The van der Waals surface area contributed by atoms with Gasteiger partial charge in [0.1, 0.15) is 0 Å². The van der Waals surface area contributed by atoms with Gasteiger partial charge in [-0.05, 0) is 112 Å². The molecule has 0 aromatic heterocycles. The van der Waals surface area contributed by atoms with Crippen LogP contribution in [0.2, 0.25) is 0 Å². The lowest BCUT2D eigenvalue weighted by molar-refractivity contribution is -0.347. The van der Waals surface area contributed by atoms with E-state index in [9.17, 15) is 46.8 Å². The van der Waals surface area contributed by atoms with Gasteiger partial charge in [-0.3, -0.25) is 0 Å². The van der Waals surface area contributed by atoms with Crippen LogP contribution in [0.5, 0.6) is 0 Å². The maximum absolute atomic E-state index is 13.4. The van der Waals surface area contributed by atoms with E-state index in [2.05, 4.69) is 13.5 Å². The number of hydrogen-bond acceptors (Lipinski definition) is 4. The van der Waals surface area contributed by atoms with Gasteiger partial charge in [0.2, 0.25) is 0 Å². The zero-order valence-electron chi connectivity index (χ0n) is 25.7. The molecule has 43 heavy (non-hydrogen) atoms. The van der Waals surface area contributed by atoms with Gasteiger partial charge in [-0.15, -0.1) is 0 Å². The van der Waals surface area contributed by atoms with Gasteiger partial charge in [0.05, 0.1) is 17.8 Å². The summed E-state index contributed by atoms with van der Waals surface area (Å²) in [7, 11) is 0. The highest BCUT2D eigenvalue weighted by Gasteiger charge is 2.69. The third kappa shape index (κ3) is 7.79. The van der Waals surface area contributed by atoms with Crippen LogP contribution in [0.15, 0.2) is 47.6 Å². The van der Waals surface area contributed by atoms with Crippen LogP contribution in [0.4, 0.5) is 26.3 Å². The first-order valence-electron chi connectivity index (χ1n) is 15.2. The fourth-order valence-corrected chi connectivity index (χ4v) is 8.04. The van der Waals surface area contributed by atoms with Gasteiger partial charge in [0, 0.05) is 6.42 Å². The quantitative estimate of drug-likeness (QED) is 0.156.